The fraction of sp³-hybridized carbons (Fsp3) is 0.304. The molecular formula is C23H25P. The van der Waals surface area contributed by atoms with E-state index in [1.165, 1.54) is 38.7 Å². The molecule has 24 heavy (non-hydrogen) atoms. The van der Waals surface area contributed by atoms with E-state index < -0.39 is 0 Å². The lowest BCUT2D eigenvalue weighted by molar-refractivity contribution is 0.474. The van der Waals surface area contributed by atoms with E-state index in [2.05, 4.69) is 78.6 Å². The second kappa shape index (κ2) is 5.71. The highest BCUT2D eigenvalue weighted by Gasteiger charge is 2.24. The van der Waals surface area contributed by atoms with Crippen molar-refractivity contribution in [3.63, 3.8) is 0 Å². The summed E-state index contributed by atoms with van der Waals surface area (Å²) in [5, 5.41) is 1.31. The molecule has 0 aliphatic heterocycles. The predicted molar refractivity (Wildman–Crippen MR) is 110 cm³/mol. The van der Waals surface area contributed by atoms with E-state index in [-0.39, 0.29) is 5.41 Å². The molecule has 0 fully saturated rings. The lowest BCUT2D eigenvalue weighted by atomic mass is 9.75. The predicted octanol–water partition coefficient (Wildman–Crippen LogP) is 5.58. The quantitative estimate of drug-likeness (QED) is 0.598. The van der Waals surface area contributed by atoms with E-state index in [4.69, 9.17) is 0 Å². The Hall–Kier alpha value is -1.65. The first kappa shape index (κ1) is 15.9. The molecule has 0 radical (unpaired) electrons. The van der Waals surface area contributed by atoms with E-state index in [1.807, 2.05) is 0 Å². The van der Waals surface area contributed by atoms with Crippen molar-refractivity contribution in [3.8, 4) is 0 Å². The first-order chi connectivity index (χ1) is 11.4. The van der Waals surface area contributed by atoms with Crippen molar-refractivity contribution in [2.45, 2.75) is 40.0 Å². The van der Waals surface area contributed by atoms with Crippen LogP contribution in [-0.2, 0) is 12.8 Å². The lowest BCUT2D eigenvalue weighted by Crippen LogP contribution is -2.17. The van der Waals surface area contributed by atoms with Crippen molar-refractivity contribution >= 4 is 32.3 Å². The molecule has 0 nitrogen and oxygen atoms in total. The Morgan fingerprint density at radius 2 is 1.88 bits per heavy atom. The maximum Gasteiger partial charge on any atom is -0.0131 e. The highest BCUT2D eigenvalue weighted by molar-refractivity contribution is 7.27. The standard InChI is InChI=1S/C23H25P/c1-15-4-8-21(22(24)12-15)17-7-9-19-16(13-17)5-6-18-14-23(2,3)11-10-20(18)19/h4-6,8,10-13H,7,9,14,24H2,1-3H3. The smallest absolute Gasteiger partial charge is 0.0131 e. The van der Waals surface area contributed by atoms with Gasteiger partial charge in [-0.3, -0.25) is 0 Å². The Balaban J connectivity index is 1.78. The summed E-state index contributed by atoms with van der Waals surface area (Å²) in [6, 6.07) is 11.4. The van der Waals surface area contributed by atoms with E-state index >= 15 is 0 Å². The van der Waals surface area contributed by atoms with Crippen molar-refractivity contribution in [1.82, 2.24) is 0 Å². The molecule has 1 unspecified atom stereocenters. The van der Waals surface area contributed by atoms with Crippen LogP contribution in [0.15, 0.2) is 36.4 Å². The van der Waals surface area contributed by atoms with Crippen molar-refractivity contribution < 1.29 is 0 Å². The van der Waals surface area contributed by atoms with Gasteiger partial charge in [-0.25, -0.2) is 0 Å². The summed E-state index contributed by atoms with van der Waals surface area (Å²) >= 11 is 0. The normalized spacial score (nSPS) is 17.9. The molecule has 0 amide bonds. The van der Waals surface area contributed by atoms with Crippen molar-refractivity contribution in [2.24, 2.45) is 5.41 Å². The Kier molecular flexibility index (Phi) is 3.77. The van der Waals surface area contributed by atoms with Crippen LogP contribution in [-0.4, -0.2) is 0 Å². The maximum absolute atomic E-state index is 2.90. The molecule has 2 aliphatic carbocycles. The molecule has 2 aromatic rings. The molecule has 2 aliphatic rings. The topological polar surface area (TPSA) is 0 Å². The average molecular weight is 332 g/mol. The van der Waals surface area contributed by atoms with E-state index in [1.54, 1.807) is 5.56 Å². The zero-order valence-electron chi connectivity index (χ0n) is 14.8. The SMILES string of the molecule is Cc1ccc(C2=Cc3ccc4c(c3CC2)C=CC(C)(C)C4)c(P)c1. The second-order valence-corrected chi connectivity index (χ2v) is 8.59. The van der Waals surface area contributed by atoms with Crippen LogP contribution in [0, 0.1) is 12.3 Å². The summed E-state index contributed by atoms with van der Waals surface area (Å²) in [5.41, 5.74) is 10.4. The number of hydrogen-bond donors (Lipinski definition) is 0. The first-order valence-corrected chi connectivity index (χ1v) is 9.42. The summed E-state index contributed by atoms with van der Waals surface area (Å²) in [6.07, 6.45) is 10.6. The van der Waals surface area contributed by atoms with Crippen LogP contribution in [0.1, 0.15) is 53.6 Å². The van der Waals surface area contributed by atoms with Crippen molar-refractivity contribution in [2.75, 3.05) is 0 Å². The van der Waals surface area contributed by atoms with Crippen molar-refractivity contribution in [1.29, 1.82) is 0 Å². The van der Waals surface area contributed by atoms with Crippen LogP contribution >= 0.6 is 9.24 Å². The van der Waals surface area contributed by atoms with Crippen LogP contribution < -0.4 is 5.30 Å². The largest absolute Gasteiger partial charge is 0.105 e. The molecule has 0 bridgehead atoms. The number of allylic oxidation sites excluding steroid dienone is 2. The number of aryl methyl sites for hydroxylation is 1. The zero-order chi connectivity index (χ0) is 16.9. The summed E-state index contributed by atoms with van der Waals surface area (Å²) in [7, 11) is 2.90. The van der Waals surface area contributed by atoms with Crippen LogP contribution in [0.4, 0.5) is 0 Å². The van der Waals surface area contributed by atoms with E-state index in [9.17, 15) is 0 Å². The van der Waals surface area contributed by atoms with Crippen LogP contribution in [0.25, 0.3) is 17.7 Å². The fourth-order valence-corrected chi connectivity index (χ4v) is 4.62. The summed E-state index contributed by atoms with van der Waals surface area (Å²) in [6.45, 7) is 6.80. The average Bonchev–Trinajstić information content (AvgIpc) is 2.53. The zero-order valence-corrected chi connectivity index (χ0v) is 16.0. The third kappa shape index (κ3) is 2.78. The second-order valence-electron chi connectivity index (χ2n) is 7.97. The molecule has 0 saturated heterocycles. The van der Waals surface area contributed by atoms with Crippen LogP contribution in [0.5, 0.6) is 0 Å². The Morgan fingerprint density at radius 3 is 2.67 bits per heavy atom. The first-order valence-electron chi connectivity index (χ1n) is 8.84. The Labute approximate surface area is 147 Å². The molecular weight excluding hydrogens is 307 g/mol. The van der Waals surface area contributed by atoms with Gasteiger partial charge in [0.25, 0.3) is 0 Å². The summed E-state index contributed by atoms with van der Waals surface area (Å²) in [4.78, 5) is 0. The molecule has 0 N–H and O–H groups in total. The summed E-state index contributed by atoms with van der Waals surface area (Å²) < 4.78 is 0. The maximum atomic E-state index is 2.90. The number of benzene rings is 2. The lowest BCUT2D eigenvalue weighted by Gasteiger charge is -2.29. The van der Waals surface area contributed by atoms with Gasteiger partial charge in [-0.15, -0.1) is 9.24 Å². The van der Waals surface area contributed by atoms with Crippen LogP contribution in [0.3, 0.4) is 0 Å². The minimum atomic E-state index is 0.285. The minimum absolute atomic E-state index is 0.285. The third-order valence-corrected chi connectivity index (χ3v) is 5.84. The molecule has 122 valence electrons. The number of rotatable bonds is 1. The molecule has 2 aromatic carbocycles. The summed E-state index contributed by atoms with van der Waals surface area (Å²) in [5.74, 6) is 0. The molecule has 1 atom stereocenters. The van der Waals surface area contributed by atoms with Gasteiger partial charge in [-0.1, -0.05) is 68.0 Å². The molecule has 0 spiro atoms. The van der Waals surface area contributed by atoms with Gasteiger partial charge in [0, 0.05) is 0 Å². The Morgan fingerprint density at radius 1 is 1.04 bits per heavy atom. The van der Waals surface area contributed by atoms with Gasteiger partial charge in [0.2, 0.25) is 0 Å². The van der Waals surface area contributed by atoms with Crippen molar-refractivity contribution in [3.05, 3.63) is 69.8 Å². The number of fused-ring (bicyclic) bond motifs is 3. The van der Waals surface area contributed by atoms with Gasteiger partial charge >= 0.3 is 0 Å². The molecule has 0 heterocycles. The fourth-order valence-electron chi connectivity index (χ4n) is 4.07. The monoisotopic (exact) mass is 332 g/mol. The minimum Gasteiger partial charge on any atom is -0.105 e. The van der Waals surface area contributed by atoms with Crippen LogP contribution in [0.2, 0.25) is 0 Å². The highest BCUT2D eigenvalue weighted by Crippen LogP contribution is 2.38. The van der Waals surface area contributed by atoms with Gasteiger partial charge in [-0.05, 0) is 70.3 Å². The molecule has 4 rings (SSSR count). The van der Waals surface area contributed by atoms with Gasteiger partial charge < -0.3 is 0 Å². The Bertz CT molecular complexity index is 881. The van der Waals surface area contributed by atoms with Gasteiger partial charge in [0.1, 0.15) is 0 Å². The number of hydrogen-bond acceptors (Lipinski definition) is 0. The third-order valence-electron chi connectivity index (χ3n) is 5.36. The van der Waals surface area contributed by atoms with E-state index in [0.717, 1.165) is 19.3 Å². The van der Waals surface area contributed by atoms with Gasteiger partial charge in [-0.2, -0.15) is 0 Å². The highest BCUT2D eigenvalue weighted by atomic mass is 31.0. The van der Waals surface area contributed by atoms with Gasteiger partial charge in [0.15, 0.2) is 0 Å². The molecule has 0 saturated carbocycles. The van der Waals surface area contributed by atoms with Gasteiger partial charge in [0.05, 0.1) is 0 Å². The molecule has 0 aromatic heterocycles. The van der Waals surface area contributed by atoms with E-state index in [0.29, 0.717) is 0 Å². The molecule has 1 heteroatoms.